The second kappa shape index (κ2) is 13.5. The third kappa shape index (κ3) is 7.99. The van der Waals surface area contributed by atoms with Gasteiger partial charge in [0.05, 0.1) is 23.7 Å². The lowest BCUT2D eigenvalue weighted by molar-refractivity contribution is -0.152. The van der Waals surface area contributed by atoms with Gasteiger partial charge in [0, 0.05) is 13.8 Å². The summed E-state index contributed by atoms with van der Waals surface area (Å²) in [7, 11) is -4.43. The Bertz CT molecular complexity index is 1060. The summed E-state index contributed by atoms with van der Waals surface area (Å²) in [5.74, 6) is -1.47. The molecule has 2 heterocycles. The van der Waals surface area contributed by atoms with E-state index in [0.29, 0.717) is 11.4 Å². The molecule has 2 rings (SSSR count). The van der Waals surface area contributed by atoms with Gasteiger partial charge in [-0.25, -0.2) is 18.6 Å². The van der Waals surface area contributed by atoms with Crippen molar-refractivity contribution in [3.63, 3.8) is 0 Å². The monoisotopic (exact) mass is 546 g/mol. The molecule has 204 valence electrons. The molecular formula is C20H27N4O12P. The standard InChI is InChI=1S/C20H27N4O12P/c1-12(23-8-22)15-4-5-17(24-15)20(7-21)19(28)18(27)16(36-20)6-30-9-33-37(29,34-10-31-13(2)25)35-11-32-14(3)26/h4-5,8,16,18-19,22,24,27-28H,6,9-11H2,1-3H3/t16?,18-,19-,20+/m1/s1. The predicted molar refractivity (Wildman–Crippen MR) is 121 cm³/mol. The van der Waals surface area contributed by atoms with Gasteiger partial charge >= 0.3 is 19.8 Å². The Balaban J connectivity index is 2.01. The van der Waals surface area contributed by atoms with Crippen molar-refractivity contribution in [2.24, 2.45) is 4.99 Å². The number of aromatic nitrogens is 1. The average Bonchev–Trinajstić information content (AvgIpc) is 3.42. The average molecular weight is 546 g/mol. The summed E-state index contributed by atoms with van der Waals surface area (Å²) in [6.45, 7) is 1.01. The third-order valence-electron chi connectivity index (χ3n) is 4.88. The summed E-state index contributed by atoms with van der Waals surface area (Å²) in [6, 6.07) is 4.91. The summed E-state index contributed by atoms with van der Waals surface area (Å²) >= 11 is 0. The number of H-pyrrole nitrogens is 1. The van der Waals surface area contributed by atoms with Crippen LogP contribution in [0.5, 0.6) is 0 Å². The first kappa shape index (κ1) is 30.2. The first-order valence-corrected chi connectivity index (χ1v) is 12.0. The van der Waals surface area contributed by atoms with E-state index in [0.717, 1.165) is 20.2 Å². The lowest BCUT2D eigenvalue weighted by atomic mass is 9.93. The maximum Gasteiger partial charge on any atom is 0.482 e. The van der Waals surface area contributed by atoms with Gasteiger partial charge in [-0.05, 0) is 19.1 Å². The van der Waals surface area contributed by atoms with Crippen LogP contribution in [0.4, 0.5) is 0 Å². The fourth-order valence-electron chi connectivity index (χ4n) is 3.04. The van der Waals surface area contributed by atoms with Crippen molar-refractivity contribution in [3.05, 3.63) is 23.5 Å². The van der Waals surface area contributed by atoms with Crippen LogP contribution in [-0.4, -0.2) is 84.5 Å². The quantitative estimate of drug-likeness (QED) is 0.0620. The number of hydrogen-bond acceptors (Lipinski definition) is 14. The Hall–Kier alpha value is -3.00. The van der Waals surface area contributed by atoms with Crippen molar-refractivity contribution < 1.29 is 56.9 Å². The van der Waals surface area contributed by atoms with Crippen molar-refractivity contribution in [1.29, 1.82) is 10.7 Å². The number of carbonyl (C=O) groups is 2. The van der Waals surface area contributed by atoms with Gasteiger partial charge in [0.1, 0.15) is 30.7 Å². The van der Waals surface area contributed by atoms with E-state index < -0.39 is 70.7 Å². The van der Waals surface area contributed by atoms with Crippen LogP contribution in [0.1, 0.15) is 32.2 Å². The smallest absolute Gasteiger partial charge is 0.438 e. The molecule has 1 fully saturated rings. The minimum Gasteiger partial charge on any atom is -0.438 e. The van der Waals surface area contributed by atoms with Crippen LogP contribution in [0.25, 0.3) is 0 Å². The molecule has 4 atom stereocenters. The molecular weight excluding hydrogens is 519 g/mol. The van der Waals surface area contributed by atoms with Crippen LogP contribution in [0.15, 0.2) is 17.1 Å². The zero-order valence-electron chi connectivity index (χ0n) is 20.1. The Labute approximate surface area is 211 Å². The molecule has 1 saturated heterocycles. The lowest BCUT2D eigenvalue weighted by Crippen LogP contribution is -2.40. The number of carbonyl (C=O) groups excluding carboxylic acids is 2. The highest BCUT2D eigenvalue weighted by atomic mass is 31.2. The molecule has 37 heavy (non-hydrogen) atoms. The van der Waals surface area contributed by atoms with Gasteiger partial charge in [0.2, 0.25) is 19.2 Å². The molecule has 0 aliphatic carbocycles. The normalized spacial score (nSPS) is 23.9. The van der Waals surface area contributed by atoms with Crippen LogP contribution in [-0.2, 0) is 52.3 Å². The highest BCUT2D eigenvalue weighted by Gasteiger charge is 2.56. The molecule has 1 aromatic rings. The van der Waals surface area contributed by atoms with Gasteiger partial charge in [-0.2, -0.15) is 5.26 Å². The van der Waals surface area contributed by atoms with Gasteiger partial charge in [-0.1, -0.05) is 0 Å². The summed E-state index contributed by atoms with van der Waals surface area (Å²) in [6.07, 6.45) is -3.61. The molecule has 0 aromatic carbocycles. The number of ether oxygens (including phenoxy) is 4. The predicted octanol–water partition coefficient (Wildman–Crippen LogP) is 0.443. The molecule has 1 aliphatic rings. The summed E-state index contributed by atoms with van der Waals surface area (Å²) < 4.78 is 47.0. The number of hydrogen-bond donors (Lipinski definition) is 4. The Morgan fingerprint density at radius 2 is 1.78 bits per heavy atom. The van der Waals surface area contributed by atoms with Crippen molar-refractivity contribution in [2.45, 2.75) is 44.7 Å². The van der Waals surface area contributed by atoms with E-state index in [1.54, 1.807) is 13.0 Å². The van der Waals surface area contributed by atoms with Crippen LogP contribution in [0.2, 0.25) is 0 Å². The molecule has 16 nitrogen and oxygen atoms in total. The molecule has 1 aliphatic heterocycles. The zero-order valence-corrected chi connectivity index (χ0v) is 21.0. The fraction of sp³-hybridized carbons (Fsp3) is 0.550. The molecule has 17 heteroatoms. The highest BCUT2D eigenvalue weighted by molar-refractivity contribution is 7.48. The molecule has 0 amide bonds. The fourth-order valence-corrected chi connectivity index (χ4v) is 3.84. The molecule has 4 N–H and O–H groups in total. The number of aromatic amines is 1. The van der Waals surface area contributed by atoms with Gasteiger partial charge in [0.15, 0.2) is 6.79 Å². The molecule has 1 unspecified atom stereocenters. The van der Waals surface area contributed by atoms with Crippen LogP contribution < -0.4 is 0 Å². The molecule has 0 radical (unpaired) electrons. The second-order valence-electron chi connectivity index (χ2n) is 7.40. The first-order chi connectivity index (χ1) is 17.5. The number of phosphoric ester groups is 1. The van der Waals surface area contributed by atoms with Gasteiger partial charge in [-0.3, -0.25) is 19.5 Å². The van der Waals surface area contributed by atoms with Crippen LogP contribution >= 0.6 is 7.82 Å². The van der Waals surface area contributed by atoms with E-state index >= 15 is 0 Å². The molecule has 0 spiro atoms. The number of esters is 2. The van der Waals surface area contributed by atoms with Crippen LogP contribution in [0.3, 0.4) is 0 Å². The minimum atomic E-state index is -4.43. The summed E-state index contributed by atoms with van der Waals surface area (Å²) in [5.41, 5.74) is -0.940. The van der Waals surface area contributed by atoms with Gasteiger partial charge in [0.25, 0.3) is 0 Å². The Kier molecular flexibility index (Phi) is 11.0. The number of aliphatic hydroxyl groups excluding tert-OH is 2. The number of nitriles is 1. The van der Waals surface area contributed by atoms with E-state index in [4.69, 9.17) is 28.5 Å². The van der Waals surface area contributed by atoms with E-state index in [1.807, 2.05) is 6.07 Å². The third-order valence-corrected chi connectivity index (χ3v) is 6.15. The Morgan fingerprint density at radius 1 is 1.19 bits per heavy atom. The number of aliphatic hydroxyl groups is 2. The second-order valence-corrected chi connectivity index (χ2v) is 9.07. The van der Waals surface area contributed by atoms with Gasteiger partial charge < -0.3 is 34.1 Å². The largest absolute Gasteiger partial charge is 0.482 e. The number of aliphatic imine (C=N–C) groups is 1. The van der Waals surface area contributed by atoms with E-state index in [2.05, 4.69) is 19.5 Å². The number of phosphoric acid groups is 1. The van der Waals surface area contributed by atoms with Crippen molar-refractivity contribution in [2.75, 3.05) is 27.0 Å². The van der Waals surface area contributed by atoms with E-state index in [1.165, 1.54) is 6.07 Å². The summed E-state index contributed by atoms with van der Waals surface area (Å²) in [4.78, 5) is 28.5. The topological polar surface area (TPSA) is 232 Å². The maximum absolute atomic E-state index is 12.6. The first-order valence-electron chi connectivity index (χ1n) is 10.5. The molecule has 0 saturated carbocycles. The number of nitrogens with zero attached hydrogens (tertiary/aromatic N) is 2. The highest BCUT2D eigenvalue weighted by Crippen LogP contribution is 2.49. The zero-order chi connectivity index (χ0) is 27.6. The minimum absolute atomic E-state index is 0.136. The van der Waals surface area contributed by atoms with Crippen molar-refractivity contribution in [3.8, 4) is 6.07 Å². The lowest BCUT2D eigenvalue weighted by Gasteiger charge is -2.23. The molecule has 0 bridgehead atoms. The SMILES string of the molecule is CC(=O)OCOP(=O)(OCOCC1O[C@@](C#N)(c2ccc(C(C)=NC=N)[nH]2)[C@H](O)[C@@H]1O)OCOC(C)=O. The number of nitrogens with one attached hydrogen (secondary N) is 2. The van der Waals surface area contributed by atoms with Crippen molar-refractivity contribution >= 4 is 31.8 Å². The Morgan fingerprint density at radius 3 is 2.32 bits per heavy atom. The van der Waals surface area contributed by atoms with E-state index in [9.17, 15) is 29.6 Å². The van der Waals surface area contributed by atoms with E-state index in [-0.39, 0.29) is 5.69 Å². The maximum atomic E-state index is 12.6. The molecule has 1 aromatic heterocycles. The van der Waals surface area contributed by atoms with Gasteiger partial charge in [-0.15, -0.1) is 0 Å². The van der Waals surface area contributed by atoms with Crippen molar-refractivity contribution in [1.82, 2.24) is 4.98 Å². The summed E-state index contributed by atoms with van der Waals surface area (Å²) in [5, 5.41) is 38.0. The number of rotatable bonds is 14. The van der Waals surface area contributed by atoms with Crippen LogP contribution in [0, 0.1) is 16.7 Å².